The number of ether oxygens (including phenoxy) is 2. The Morgan fingerprint density at radius 1 is 1.44 bits per heavy atom. The van der Waals surface area contributed by atoms with Crippen LogP contribution in [0.1, 0.15) is 13.3 Å². The third-order valence-corrected chi connectivity index (χ3v) is 3.00. The maximum absolute atomic E-state index is 11.7. The fourth-order valence-electron chi connectivity index (χ4n) is 1.76. The van der Waals surface area contributed by atoms with Gasteiger partial charge in [0.2, 0.25) is 0 Å². The van der Waals surface area contributed by atoms with Crippen molar-refractivity contribution in [3.8, 4) is 0 Å². The molecule has 0 atom stereocenters. The van der Waals surface area contributed by atoms with Crippen LogP contribution in [0.3, 0.4) is 0 Å². The Balaban J connectivity index is 2.16. The summed E-state index contributed by atoms with van der Waals surface area (Å²) in [5.41, 5.74) is 0.619. The van der Waals surface area contributed by atoms with Crippen LogP contribution in [0.15, 0.2) is 27.5 Å². The summed E-state index contributed by atoms with van der Waals surface area (Å²) in [7, 11) is 0. The maximum atomic E-state index is 11.7. The zero-order valence-electron chi connectivity index (χ0n) is 8.44. The predicted octanol–water partition coefficient (Wildman–Crippen LogP) is 1.94. The van der Waals surface area contributed by atoms with Gasteiger partial charge in [-0.05, 0) is 25.1 Å². The van der Waals surface area contributed by atoms with Crippen LogP contribution >= 0.6 is 15.9 Å². The standard InChI is InChI=1S/C10H9BrN2O3/c1-5-15-10(16-5)13-8-3-2-6(11)4-7(8)9(14)12-13/h2-5,10H,1H3,(H,12,14). The number of aromatic amines is 1. The van der Waals surface area contributed by atoms with Crippen molar-refractivity contribution in [1.82, 2.24) is 9.78 Å². The van der Waals surface area contributed by atoms with E-state index in [2.05, 4.69) is 21.0 Å². The molecule has 84 valence electrons. The van der Waals surface area contributed by atoms with Crippen LogP contribution in [0.5, 0.6) is 0 Å². The molecule has 16 heavy (non-hydrogen) atoms. The molecule has 1 aliphatic heterocycles. The Bertz CT molecular complexity index is 598. The number of H-pyrrole nitrogens is 1. The van der Waals surface area contributed by atoms with Gasteiger partial charge in [0.05, 0.1) is 10.9 Å². The van der Waals surface area contributed by atoms with Gasteiger partial charge in [0.15, 0.2) is 6.29 Å². The minimum atomic E-state index is -0.527. The van der Waals surface area contributed by atoms with Gasteiger partial charge in [0.25, 0.3) is 12.0 Å². The molecule has 2 aromatic rings. The van der Waals surface area contributed by atoms with E-state index in [1.54, 1.807) is 17.7 Å². The van der Waals surface area contributed by atoms with Crippen LogP contribution in [-0.4, -0.2) is 16.1 Å². The molecule has 6 heteroatoms. The molecule has 5 nitrogen and oxygen atoms in total. The fourth-order valence-corrected chi connectivity index (χ4v) is 2.12. The van der Waals surface area contributed by atoms with E-state index >= 15 is 0 Å². The number of hydrogen-bond acceptors (Lipinski definition) is 3. The smallest absolute Gasteiger partial charge is 0.272 e. The van der Waals surface area contributed by atoms with Crippen molar-refractivity contribution >= 4 is 26.8 Å². The van der Waals surface area contributed by atoms with Gasteiger partial charge in [-0.3, -0.25) is 9.89 Å². The van der Waals surface area contributed by atoms with Gasteiger partial charge < -0.3 is 9.47 Å². The molecular formula is C10H9BrN2O3. The van der Waals surface area contributed by atoms with Crippen LogP contribution in [0.25, 0.3) is 10.9 Å². The molecule has 0 radical (unpaired) electrons. The number of halogens is 1. The first-order valence-electron chi connectivity index (χ1n) is 4.86. The van der Waals surface area contributed by atoms with E-state index in [1.165, 1.54) is 0 Å². The normalized spacial score (nSPS) is 24.6. The van der Waals surface area contributed by atoms with Crippen molar-refractivity contribution in [3.63, 3.8) is 0 Å². The van der Waals surface area contributed by atoms with Crippen molar-refractivity contribution in [1.29, 1.82) is 0 Å². The van der Waals surface area contributed by atoms with Gasteiger partial charge in [0, 0.05) is 4.47 Å². The van der Waals surface area contributed by atoms with Crippen LogP contribution in [0, 0.1) is 0 Å². The summed E-state index contributed by atoms with van der Waals surface area (Å²) in [4.78, 5) is 11.7. The number of fused-ring (bicyclic) bond motifs is 1. The molecule has 1 fully saturated rings. The molecule has 1 aromatic heterocycles. The zero-order chi connectivity index (χ0) is 11.3. The van der Waals surface area contributed by atoms with E-state index in [0.29, 0.717) is 5.39 Å². The quantitative estimate of drug-likeness (QED) is 0.871. The average molecular weight is 285 g/mol. The zero-order valence-corrected chi connectivity index (χ0v) is 10.0. The minimum absolute atomic E-state index is 0.150. The van der Waals surface area contributed by atoms with E-state index in [-0.39, 0.29) is 11.8 Å². The second-order valence-electron chi connectivity index (χ2n) is 3.62. The van der Waals surface area contributed by atoms with Crippen LogP contribution in [-0.2, 0) is 9.47 Å². The number of benzene rings is 1. The first-order valence-corrected chi connectivity index (χ1v) is 5.65. The number of rotatable bonds is 1. The van der Waals surface area contributed by atoms with E-state index in [9.17, 15) is 4.79 Å². The second-order valence-corrected chi connectivity index (χ2v) is 4.53. The molecule has 1 saturated heterocycles. The molecule has 0 spiro atoms. The Morgan fingerprint density at radius 2 is 2.19 bits per heavy atom. The molecule has 0 bridgehead atoms. The lowest BCUT2D eigenvalue weighted by molar-refractivity contribution is -0.414. The summed E-state index contributed by atoms with van der Waals surface area (Å²) in [5, 5.41) is 3.30. The third-order valence-electron chi connectivity index (χ3n) is 2.51. The highest BCUT2D eigenvalue weighted by molar-refractivity contribution is 9.10. The molecule has 1 aliphatic rings. The Labute approximate surface area is 99.1 Å². The monoisotopic (exact) mass is 284 g/mol. The third kappa shape index (κ3) is 1.41. The summed E-state index contributed by atoms with van der Waals surface area (Å²) < 4.78 is 13.1. The van der Waals surface area contributed by atoms with Gasteiger partial charge >= 0.3 is 0 Å². The van der Waals surface area contributed by atoms with Crippen LogP contribution in [0.2, 0.25) is 0 Å². The van der Waals surface area contributed by atoms with Crippen molar-refractivity contribution in [2.75, 3.05) is 0 Å². The molecular weight excluding hydrogens is 276 g/mol. The molecule has 2 heterocycles. The molecule has 0 amide bonds. The lowest BCUT2D eigenvalue weighted by Gasteiger charge is -2.34. The topological polar surface area (TPSA) is 56.2 Å². The van der Waals surface area contributed by atoms with E-state index in [4.69, 9.17) is 9.47 Å². The van der Waals surface area contributed by atoms with Crippen LogP contribution in [0.4, 0.5) is 0 Å². The molecule has 0 saturated carbocycles. The van der Waals surface area contributed by atoms with Crippen molar-refractivity contribution < 1.29 is 9.47 Å². The molecule has 0 unspecified atom stereocenters. The van der Waals surface area contributed by atoms with Crippen molar-refractivity contribution in [2.24, 2.45) is 0 Å². The molecule has 1 aromatic carbocycles. The van der Waals surface area contributed by atoms with Gasteiger partial charge in [0.1, 0.15) is 0 Å². The Morgan fingerprint density at radius 3 is 2.88 bits per heavy atom. The fraction of sp³-hybridized carbons (Fsp3) is 0.300. The van der Waals surface area contributed by atoms with Gasteiger partial charge in [-0.1, -0.05) is 15.9 Å². The molecule has 3 rings (SSSR count). The van der Waals surface area contributed by atoms with E-state index in [1.807, 2.05) is 12.1 Å². The number of hydrogen-bond donors (Lipinski definition) is 1. The Hall–Kier alpha value is -1.11. The minimum Gasteiger partial charge on any atom is -0.304 e. The Kier molecular flexibility index (Phi) is 2.17. The maximum Gasteiger partial charge on any atom is 0.272 e. The van der Waals surface area contributed by atoms with Gasteiger partial charge in [-0.25, -0.2) is 4.68 Å². The number of nitrogens with one attached hydrogen (secondary N) is 1. The SMILES string of the molecule is CC1OC(n2[nH]c(=O)c3cc(Br)ccc32)O1. The lowest BCUT2D eigenvalue weighted by atomic mass is 10.2. The highest BCUT2D eigenvalue weighted by Gasteiger charge is 2.30. The largest absolute Gasteiger partial charge is 0.304 e. The van der Waals surface area contributed by atoms with E-state index in [0.717, 1.165) is 9.99 Å². The first kappa shape index (κ1) is 10.1. The number of aromatic nitrogens is 2. The second kappa shape index (κ2) is 3.44. The van der Waals surface area contributed by atoms with Gasteiger partial charge in [-0.15, -0.1) is 0 Å². The van der Waals surface area contributed by atoms with Gasteiger partial charge in [-0.2, -0.15) is 0 Å². The average Bonchev–Trinajstić information content (AvgIpc) is 2.51. The summed E-state index contributed by atoms with van der Waals surface area (Å²) in [6.45, 7) is 1.80. The molecule has 0 aliphatic carbocycles. The number of nitrogens with zero attached hydrogens (tertiary/aromatic N) is 1. The summed E-state index contributed by atoms with van der Waals surface area (Å²) in [6.07, 6.45) is -0.747. The molecule has 1 N–H and O–H groups in total. The summed E-state index contributed by atoms with van der Waals surface area (Å²) >= 11 is 3.33. The van der Waals surface area contributed by atoms with E-state index < -0.39 is 6.41 Å². The lowest BCUT2D eigenvalue weighted by Crippen LogP contribution is -2.36. The van der Waals surface area contributed by atoms with Crippen LogP contribution < -0.4 is 5.56 Å². The summed E-state index contributed by atoms with van der Waals surface area (Å²) in [5.74, 6) is 0. The highest BCUT2D eigenvalue weighted by atomic mass is 79.9. The summed E-state index contributed by atoms with van der Waals surface area (Å²) in [6, 6.07) is 5.48. The highest BCUT2D eigenvalue weighted by Crippen LogP contribution is 2.28. The predicted molar refractivity (Wildman–Crippen MR) is 60.9 cm³/mol. The van der Waals surface area contributed by atoms with Crippen molar-refractivity contribution in [2.45, 2.75) is 19.6 Å². The first-order chi connectivity index (χ1) is 7.65. The van der Waals surface area contributed by atoms with Crippen molar-refractivity contribution in [3.05, 3.63) is 33.0 Å².